The fourth-order valence-corrected chi connectivity index (χ4v) is 2.63. The van der Waals surface area contributed by atoms with Gasteiger partial charge < -0.3 is 10.3 Å². The Bertz CT molecular complexity index is 590. The van der Waals surface area contributed by atoms with E-state index in [4.69, 9.17) is 0 Å². The molecule has 0 spiro atoms. The number of hydrogen-bond acceptors (Lipinski definition) is 1. The molecule has 0 bridgehead atoms. The van der Waals surface area contributed by atoms with Crippen molar-refractivity contribution in [2.45, 2.75) is 26.2 Å². The Balaban J connectivity index is 2.11. The minimum absolute atomic E-state index is 0.583. The molecule has 18 heavy (non-hydrogen) atoms. The average Bonchev–Trinajstić information content (AvgIpc) is 2.82. The predicted octanol–water partition coefficient (Wildman–Crippen LogP) is 3.67. The SMILES string of the molecule is CC(C)c1ccc2[nH]cc(C3=CCNCC3)c2c1. The van der Waals surface area contributed by atoms with Crippen molar-refractivity contribution in [1.82, 2.24) is 10.3 Å². The van der Waals surface area contributed by atoms with Crippen LogP contribution in [0.25, 0.3) is 16.5 Å². The van der Waals surface area contributed by atoms with Crippen LogP contribution in [0.2, 0.25) is 0 Å². The van der Waals surface area contributed by atoms with Crippen LogP contribution in [-0.4, -0.2) is 18.1 Å². The first kappa shape index (κ1) is 11.5. The zero-order valence-corrected chi connectivity index (χ0v) is 11.1. The van der Waals surface area contributed by atoms with Gasteiger partial charge in [0, 0.05) is 29.2 Å². The van der Waals surface area contributed by atoms with E-state index in [2.05, 4.69) is 54.6 Å². The summed E-state index contributed by atoms with van der Waals surface area (Å²) < 4.78 is 0. The van der Waals surface area contributed by atoms with E-state index in [1.54, 1.807) is 0 Å². The fourth-order valence-electron chi connectivity index (χ4n) is 2.63. The maximum absolute atomic E-state index is 3.39. The van der Waals surface area contributed by atoms with Crippen LogP contribution in [0.15, 0.2) is 30.5 Å². The Labute approximate surface area is 108 Å². The second-order valence-corrected chi connectivity index (χ2v) is 5.35. The Morgan fingerprint density at radius 1 is 1.22 bits per heavy atom. The Morgan fingerprint density at radius 2 is 2.11 bits per heavy atom. The van der Waals surface area contributed by atoms with Crippen molar-refractivity contribution in [3.8, 4) is 0 Å². The lowest BCUT2D eigenvalue weighted by atomic mass is 9.96. The van der Waals surface area contributed by atoms with Gasteiger partial charge in [0.1, 0.15) is 0 Å². The topological polar surface area (TPSA) is 27.8 Å². The molecular formula is C16H20N2. The molecule has 0 fully saturated rings. The van der Waals surface area contributed by atoms with Crippen molar-refractivity contribution < 1.29 is 0 Å². The lowest BCUT2D eigenvalue weighted by Gasteiger charge is -2.13. The summed E-state index contributed by atoms with van der Waals surface area (Å²) in [5, 5.41) is 4.74. The summed E-state index contributed by atoms with van der Waals surface area (Å²) in [5.41, 5.74) is 5.52. The van der Waals surface area contributed by atoms with E-state index < -0.39 is 0 Å². The number of hydrogen-bond donors (Lipinski definition) is 2. The molecule has 0 atom stereocenters. The molecule has 94 valence electrons. The Morgan fingerprint density at radius 3 is 2.83 bits per heavy atom. The third-order valence-electron chi connectivity index (χ3n) is 3.78. The standard InChI is InChI=1S/C16H20N2/c1-11(2)13-3-4-16-14(9-13)15(10-18-16)12-5-7-17-8-6-12/h3-5,9-11,17-18H,6-8H2,1-2H3. The van der Waals surface area contributed by atoms with Gasteiger partial charge in [-0.2, -0.15) is 0 Å². The van der Waals surface area contributed by atoms with Gasteiger partial charge in [0.15, 0.2) is 0 Å². The molecule has 2 heterocycles. The largest absolute Gasteiger partial charge is 0.361 e. The summed E-state index contributed by atoms with van der Waals surface area (Å²) in [6.07, 6.45) is 5.60. The molecule has 2 heteroatoms. The summed E-state index contributed by atoms with van der Waals surface area (Å²) in [5.74, 6) is 0.583. The molecular weight excluding hydrogens is 220 g/mol. The number of aromatic amines is 1. The maximum Gasteiger partial charge on any atom is 0.0460 e. The highest BCUT2D eigenvalue weighted by Crippen LogP contribution is 2.30. The summed E-state index contributed by atoms with van der Waals surface area (Å²) in [7, 11) is 0. The van der Waals surface area contributed by atoms with E-state index in [0.29, 0.717) is 5.92 Å². The Hall–Kier alpha value is -1.54. The third-order valence-corrected chi connectivity index (χ3v) is 3.78. The summed E-state index contributed by atoms with van der Waals surface area (Å²) in [4.78, 5) is 3.39. The first-order chi connectivity index (χ1) is 8.75. The average molecular weight is 240 g/mol. The van der Waals surface area contributed by atoms with Crippen molar-refractivity contribution in [2.75, 3.05) is 13.1 Å². The summed E-state index contributed by atoms with van der Waals surface area (Å²) in [6.45, 7) is 6.57. The smallest absolute Gasteiger partial charge is 0.0460 e. The Kier molecular flexibility index (Phi) is 2.96. The van der Waals surface area contributed by atoms with E-state index in [0.717, 1.165) is 19.5 Å². The molecule has 3 rings (SSSR count). The highest BCUT2D eigenvalue weighted by molar-refractivity contribution is 5.93. The molecule has 1 aliphatic rings. The number of fused-ring (bicyclic) bond motifs is 1. The van der Waals surface area contributed by atoms with Crippen LogP contribution in [0, 0.1) is 0 Å². The minimum Gasteiger partial charge on any atom is -0.361 e. The highest BCUT2D eigenvalue weighted by atomic mass is 14.8. The zero-order valence-electron chi connectivity index (χ0n) is 11.1. The van der Waals surface area contributed by atoms with Crippen LogP contribution in [0.4, 0.5) is 0 Å². The van der Waals surface area contributed by atoms with Gasteiger partial charge in [-0.15, -0.1) is 0 Å². The second kappa shape index (κ2) is 4.62. The van der Waals surface area contributed by atoms with Gasteiger partial charge >= 0.3 is 0 Å². The van der Waals surface area contributed by atoms with Gasteiger partial charge in [-0.1, -0.05) is 26.0 Å². The molecule has 0 saturated heterocycles. The summed E-state index contributed by atoms with van der Waals surface area (Å²) >= 11 is 0. The first-order valence-corrected chi connectivity index (χ1v) is 6.77. The zero-order chi connectivity index (χ0) is 12.5. The number of H-pyrrole nitrogens is 1. The quantitative estimate of drug-likeness (QED) is 0.823. The normalized spacial score (nSPS) is 16.3. The molecule has 2 nitrogen and oxygen atoms in total. The number of aromatic nitrogens is 1. The monoisotopic (exact) mass is 240 g/mol. The van der Waals surface area contributed by atoms with E-state index in [9.17, 15) is 0 Å². The molecule has 1 aromatic heterocycles. The van der Waals surface area contributed by atoms with Crippen LogP contribution in [0.3, 0.4) is 0 Å². The van der Waals surface area contributed by atoms with Crippen molar-refractivity contribution in [1.29, 1.82) is 0 Å². The van der Waals surface area contributed by atoms with Crippen molar-refractivity contribution in [2.24, 2.45) is 0 Å². The maximum atomic E-state index is 3.39. The second-order valence-electron chi connectivity index (χ2n) is 5.35. The summed E-state index contributed by atoms with van der Waals surface area (Å²) in [6, 6.07) is 6.77. The van der Waals surface area contributed by atoms with Crippen LogP contribution in [0.1, 0.15) is 37.3 Å². The van der Waals surface area contributed by atoms with Crippen LogP contribution < -0.4 is 5.32 Å². The highest BCUT2D eigenvalue weighted by Gasteiger charge is 2.11. The lowest BCUT2D eigenvalue weighted by molar-refractivity contribution is 0.739. The van der Waals surface area contributed by atoms with Gasteiger partial charge in [-0.05, 0) is 42.2 Å². The number of nitrogens with one attached hydrogen (secondary N) is 2. The van der Waals surface area contributed by atoms with Gasteiger partial charge in [0.05, 0.1) is 0 Å². The van der Waals surface area contributed by atoms with Gasteiger partial charge in [0.25, 0.3) is 0 Å². The van der Waals surface area contributed by atoms with Crippen molar-refractivity contribution in [3.05, 3.63) is 41.6 Å². The van der Waals surface area contributed by atoms with Gasteiger partial charge in [-0.25, -0.2) is 0 Å². The van der Waals surface area contributed by atoms with Crippen LogP contribution in [-0.2, 0) is 0 Å². The van der Waals surface area contributed by atoms with Crippen LogP contribution in [0.5, 0.6) is 0 Å². The predicted molar refractivity (Wildman–Crippen MR) is 77.9 cm³/mol. The van der Waals surface area contributed by atoms with Crippen molar-refractivity contribution in [3.63, 3.8) is 0 Å². The molecule has 0 aliphatic carbocycles. The number of rotatable bonds is 2. The van der Waals surface area contributed by atoms with E-state index in [1.807, 2.05) is 0 Å². The van der Waals surface area contributed by atoms with E-state index in [1.165, 1.54) is 27.6 Å². The van der Waals surface area contributed by atoms with Gasteiger partial charge in [-0.3, -0.25) is 0 Å². The number of benzene rings is 1. The minimum atomic E-state index is 0.583. The molecule has 1 aromatic carbocycles. The fraction of sp³-hybridized carbons (Fsp3) is 0.375. The first-order valence-electron chi connectivity index (χ1n) is 6.77. The van der Waals surface area contributed by atoms with Gasteiger partial charge in [0.2, 0.25) is 0 Å². The molecule has 0 unspecified atom stereocenters. The van der Waals surface area contributed by atoms with E-state index in [-0.39, 0.29) is 0 Å². The van der Waals surface area contributed by atoms with E-state index >= 15 is 0 Å². The van der Waals surface area contributed by atoms with Crippen LogP contribution >= 0.6 is 0 Å². The molecule has 2 aromatic rings. The lowest BCUT2D eigenvalue weighted by Crippen LogP contribution is -2.19. The molecule has 1 aliphatic heterocycles. The molecule has 2 N–H and O–H groups in total. The molecule has 0 saturated carbocycles. The molecule has 0 radical (unpaired) electrons. The third kappa shape index (κ3) is 1.97. The molecule has 0 amide bonds. The van der Waals surface area contributed by atoms with Crippen molar-refractivity contribution >= 4 is 16.5 Å².